The van der Waals surface area contributed by atoms with Crippen LogP contribution in [0.2, 0.25) is 0 Å². The monoisotopic (exact) mass is 489 g/mol. The van der Waals surface area contributed by atoms with Crippen molar-refractivity contribution in [1.82, 2.24) is 29.6 Å². The van der Waals surface area contributed by atoms with Crippen molar-refractivity contribution in [3.05, 3.63) is 69.5 Å². The van der Waals surface area contributed by atoms with Crippen LogP contribution in [0.4, 0.5) is 16.0 Å². The molecule has 3 N–H and O–H groups in total. The van der Waals surface area contributed by atoms with Crippen LogP contribution in [0.1, 0.15) is 49.6 Å². The number of halogens is 1. The Kier molecular flexibility index (Phi) is 5.38. The summed E-state index contributed by atoms with van der Waals surface area (Å²) in [5, 5.41) is 16.8. The molecule has 1 aliphatic carbocycles. The minimum Gasteiger partial charge on any atom is -0.395 e. The van der Waals surface area contributed by atoms with Crippen molar-refractivity contribution >= 4 is 22.7 Å². The lowest BCUT2D eigenvalue weighted by Crippen LogP contribution is -2.26. The van der Waals surface area contributed by atoms with Gasteiger partial charge in [-0.2, -0.15) is 4.98 Å². The highest BCUT2D eigenvalue weighted by atomic mass is 19.1. The van der Waals surface area contributed by atoms with Gasteiger partial charge in [-0.25, -0.2) is 23.7 Å². The first-order valence-electron chi connectivity index (χ1n) is 12.3. The van der Waals surface area contributed by atoms with Crippen molar-refractivity contribution in [1.29, 1.82) is 0 Å². The number of fused-ring (bicyclic) bond motifs is 2. The van der Waals surface area contributed by atoms with Crippen LogP contribution in [-0.4, -0.2) is 42.6 Å². The van der Waals surface area contributed by atoms with E-state index in [1.54, 1.807) is 6.07 Å². The summed E-state index contributed by atoms with van der Waals surface area (Å²) in [7, 11) is 0. The zero-order chi connectivity index (χ0) is 25.0. The van der Waals surface area contributed by atoms with Crippen LogP contribution in [-0.2, 0) is 18.4 Å². The van der Waals surface area contributed by atoms with Gasteiger partial charge in [0, 0.05) is 29.9 Å². The third-order valence-electron chi connectivity index (χ3n) is 7.19. The molecule has 0 unspecified atom stereocenters. The molecule has 0 spiro atoms. The summed E-state index contributed by atoms with van der Waals surface area (Å²) in [5.41, 5.74) is 3.50. The maximum absolute atomic E-state index is 15.2. The fourth-order valence-electron chi connectivity index (χ4n) is 4.93. The van der Waals surface area contributed by atoms with Crippen molar-refractivity contribution in [2.45, 2.75) is 51.1 Å². The molecule has 3 aromatic heterocycles. The predicted molar refractivity (Wildman–Crippen MR) is 134 cm³/mol. The second kappa shape index (κ2) is 8.49. The Morgan fingerprint density at radius 1 is 1.19 bits per heavy atom. The van der Waals surface area contributed by atoms with Gasteiger partial charge >= 0.3 is 0 Å². The molecule has 186 valence electrons. The van der Waals surface area contributed by atoms with Crippen LogP contribution >= 0.6 is 0 Å². The number of aromatic nitrogens is 5. The van der Waals surface area contributed by atoms with E-state index in [-0.39, 0.29) is 35.1 Å². The van der Waals surface area contributed by atoms with Gasteiger partial charge in [-0.15, -0.1) is 0 Å². The first-order chi connectivity index (χ1) is 17.4. The van der Waals surface area contributed by atoms with Gasteiger partial charge in [-0.05, 0) is 75.0 Å². The Hall–Kier alpha value is -3.63. The molecule has 0 radical (unpaired) electrons. The topological polar surface area (TPSA) is 110 Å². The lowest BCUT2D eigenvalue weighted by molar-refractivity contribution is 0.252. The predicted octanol–water partition coefficient (Wildman–Crippen LogP) is 3.11. The standard InChI is InChI=1S/C26H28FN7O2/c1-15(2)33-24(36)19-13-29-25(30-18-4-3-17-12-28-10-7-16(17)11-18)32-22(19)34(33)23-20(27)5-6-21(31-23)26(14-35)8-9-26/h3-6,11,13,15,28,35H,7-10,12,14H2,1-2H3,(H,29,30,32). The van der Waals surface area contributed by atoms with Crippen LogP contribution in [0, 0.1) is 5.82 Å². The Labute approximate surface area is 207 Å². The summed E-state index contributed by atoms with van der Waals surface area (Å²) >= 11 is 0. The van der Waals surface area contributed by atoms with Gasteiger partial charge in [0.25, 0.3) is 5.56 Å². The van der Waals surface area contributed by atoms with Crippen molar-refractivity contribution in [3.8, 4) is 5.82 Å². The highest BCUT2D eigenvalue weighted by Gasteiger charge is 2.45. The van der Waals surface area contributed by atoms with Gasteiger partial charge in [0.15, 0.2) is 17.3 Å². The first kappa shape index (κ1) is 22.8. The number of anilines is 2. The minimum absolute atomic E-state index is 0.0149. The summed E-state index contributed by atoms with van der Waals surface area (Å²) in [6, 6.07) is 8.81. The van der Waals surface area contributed by atoms with Crippen molar-refractivity contribution in [3.63, 3.8) is 0 Å². The van der Waals surface area contributed by atoms with E-state index in [1.165, 1.54) is 32.8 Å². The number of hydrogen-bond donors (Lipinski definition) is 3. The van der Waals surface area contributed by atoms with Gasteiger partial charge in [0.2, 0.25) is 5.95 Å². The van der Waals surface area contributed by atoms with Crippen LogP contribution < -0.4 is 16.2 Å². The van der Waals surface area contributed by atoms with Gasteiger partial charge in [-0.3, -0.25) is 4.79 Å². The molecule has 1 aliphatic heterocycles. The smallest absolute Gasteiger partial charge is 0.278 e. The number of aliphatic hydroxyl groups is 1. The normalized spacial score (nSPS) is 16.4. The molecule has 2 aliphatic rings. The number of aliphatic hydroxyl groups excluding tert-OH is 1. The van der Waals surface area contributed by atoms with E-state index in [1.807, 2.05) is 19.9 Å². The molecule has 1 aromatic carbocycles. The molecule has 9 nitrogen and oxygen atoms in total. The summed E-state index contributed by atoms with van der Waals surface area (Å²) in [6.45, 7) is 5.43. The quantitative estimate of drug-likeness (QED) is 0.382. The highest BCUT2D eigenvalue weighted by molar-refractivity contribution is 5.77. The maximum Gasteiger partial charge on any atom is 0.278 e. The van der Waals surface area contributed by atoms with Gasteiger partial charge < -0.3 is 15.7 Å². The van der Waals surface area contributed by atoms with E-state index in [4.69, 9.17) is 0 Å². The third kappa shape index (κ3) is 3.68. The molecule has 0 amide bonds. The minimum atomic E-state index is -0.574. The molecular formula is C26H28FN7O2. The Morgan fingerprint density at radius 2 is 2.03 bits per heavy atom. The highest BCUT2D eigenvalue weighted by Crippen LogP contribution is 2.47. The number of rotatable bonds is 6. The van der Waals surface area contributed by atoms with E-state index in [9.17, 15) is 9.90 Å². The second-order valence-electron chi connectivity index (χ2n) is 9.96. The number of pyridine rings is 1. The van der Waals surface area contributed by atoms with Crippen LogP contribution in [0.25, 0.3) is 16.9 Å². The number of benzene rings is 1. The molecule has 0 atom stereocenters. The van der Waals surface area contributed by atoms with Crippen LogP contribution in [0.5, 0.6) is 0 Å². The zero-order valence-corrected chi connectivity index (χ0v) is 20.3. The number of nitrogens with one attached hydrogen (secondary N) is 2. The van der Waals surface area contributed by atoms with Gasteiger partial charge in [0.1, 0.15) is 5.39 Å². The van der Waals surface area contributed by atoms with Crippen LogP contribution in [0.15, 0.2) is 41.3 Å². The molecular weight excluding hydrogens is 461 g/mol. The van der Waals surface area contributed by atoms with E-state index >= 15 is 4.39 Å². The van der Waals surface area contributed by atoms with E-state index in [2.05, 4.69) is 37.7 Å². The molecule has 4 heterocycles. The lowest BCUT2D eigenvalue weighted by atomic mass is 10.0. The molecule has 10 heteroatoms. The molecule has 36 heavy (non-hydrogen) atoms. The number of nitrogens with zero attached hydrogens (tertiary/aromatic N) is 5. The average molecular weight is 490 g/mol. The van der Waals surface area contributed by atoms with E-state index in [0.717, 1.165) is 38.0 Å². The third-order valence-corrected chi connectivity index (χ3v) is 7.19. The zero-order valence-electron chi connectivity index (χ0n) is 20.3. The summed E-state index contributed by atoms with van der Waals surface area (Å²) in [5.74, 6) is -0.286. The number of hydrogen-bond acceptors (Lipinski definition) is 7. The first-order valence-corrected chi connectivity index (χ1v) is 12.3. The van der Waals surface area contributed by atoms with E-state index < -0.39 is 11.2 Å². The van der Waals surface area contributed by atoms with Gasteiger partial charge in [0.05, 0.1) is 12.3 Å². The SMILES string of the molecule is CC(C)n1c(=O)c2cnc(Nc3ccc4c(c3)CCNC4)nc2n1-c1nc(C2(CO)CC2)ccc1F. The largest absolute Gasteiger partial charge is 0.395 e. The van der Waals surface area contributed by atoms with Crippen molar-refractivity contribution in [2.24, 2.45) is 0 Å². The Balaban J connectivity index is 1.48. The molecule has 0 bridgehead atoms. The summed E-state index contributed by atoms with van der Waals surface area (Å²) < 4.78 is 18.1. The van der Waals surface area contributed by atoms with Gasteiger partial charge in [-0.1, -0.05) is 6.07 Å². The summed E-state index contributed by atoms with van der Waals surface area (Å²) in [6.07, 6.45) is 4.00. The fourth-order valence-corrected chi connectivity index (χ4v) is 4.93. The Morgan fingerprint density at radius 3 is 2.78 bits per heavy atom. The molecule has 4 aromatic rings. The molecule has 1 saturated carbocycles. The molecule has 6 rings (SSSR count). The Bertz CT molecular complexity index is 1540. The molecule has 0 saturated heterocycles. The van der Waals surface area contributed by atoms with Crippen molar-refractivity contribution in [2.75, 3.05) is 18.5 Å². The summed E-state index contributed by atoms with van der Waals surface area (Å²) in [4.78, 5) is 26.9. The van der Waals surface area contributed by atoms with Crippen LogP contribution in [0.3, 0.4) is 0 Å². The van der Waals surface area contributed by atoms with Crippen molar-refractivity contribution < 1.29 is 9.50 Å². The average Bonchev–Trinajstić information content (AvgIpc) is 3.63. The maximum atomic E-state index is 15.2. The fraction of sp³-hybridized carbons (Fsp3) is 0.385. The lowest BCUT2D eigenvalue weighted by Gasteiger charge is -2.18. The second-order valence-corrected chi connectivity index (χ2v) is 9.96. The van der Waals surface area contributed by atoms with E-state index in [0.29, 0.717) is 11.6 Å². The molecule has 1 fully saturated rings.